The van der Waals surface area contributed by atoms with Crippen LogP contribution in [0.2, 0.25) is 0 Å². The summed E-state index contributed by atoms with van der Waals surface area (Å²) < 4.78 is 42.0. The zero-order chi connectivity index (χ0) is 18.7. The zero-order valence-corrected chi connectivity index (χ0v) is 13.7. The number of nitrogens with one attached hydrogen (secondary N) is 1. The van der Waals surface area contributed by atoms with Crippen molar-refractivity contribution in [2.75, 3.05) is 11.9 Å². The van der Waals surface area contributed by atoms with Crippen molar-refractivity contribution in [1.82, 2.24) is 0 Å². The zero-order valence-electron chi connectivity index (χ0n) is 13.7. The third-order valence-electron chi connectivity index (χ3n) is 3.62. The van der Waals surface area contributed by atoms with Crippen LogP contribution in [0.25, 0.3) is 0 Å². The van der Waals surface area contributed by atoms with Gasteiger partial charge in [0.25, 0.3) is 5.91 Å². The van der Waals surface area contributed by atoms with Crippen LogP contribution in [0.4, 0.5) is 14.5 Å². The molecule has 0 aromatic heterocycles. The Kier molecular flexibility index (Phi) is 5.01. The number of fused-ring (bicyclic) bond motifs is 1. The first-order valence-electron chi connectivity index (χ1n) is 7.79. The maximum Gasteiger partial charge on any atom is 0.351 e. The second-order valence-corrected chi connectivity index (χ2v) is 5.56. The van der Waals surface area contributed by atoms with Crippen LogP contribution in [0, 0.1) is 11.6 Å². The molecule has 0 bridgehead atoms. The Labute approximate surface area is 147 Å². The minimum Gasteiger partial charge on any atom is -0.485 e. The molecule has 26 heavy (non-hydrogen) atoms. The highest BCUT2D eigenvalue weighted by Crippen LogP contribution is 2.31. The van der Waals surface area contributed by atoms with Gasteiger partial charge in [-0.3, -0.25) is 4.79 Å². The molecule has 0 unspecified atom stereocenters. The van der Waals surface area contributed by atoms with E-state index < -0.39 is 35.7 Å². The summed E-state index contributed by atoms with van der Waals surface area (Å²) in [6, 6.07) is 9.76. The summed E-state index contributed by atoms with van der Waals surface area (Å²) in [5.74, 6) is -2.68. The van der Waals surface area contributed by atoms with Gasteiger partial charge in [0.05, 0.1) is 0 Å². The Morgan fingerprint density at radius 1 is 1.15 bits per heavy atom. The molecule has 1 amide bonds. The molecule has 2 atom stereocenters. The highest BCUT2D eigenvalue weighted by molar-refractivity contribution is 5.95. The van der Waals surface area contributed by atoms with E-state index in [1.807, 2.05) is 0 Å². The smallest absolute Gasteiger partial charge is 0.351 e. The van der Waals surface area contributed by atoms with E-state index in [0.29, 0.717) is 11.5 Å². The quantitative estimate of drug-likeness (QED) is 0.846. The molecule has 2 aromatic rings. The predicted molar refractivity (Wildman–Crippen MR) is 86.9 cm³/mol. The minimum atomic E-state index is -1.17. The number of halogens is 2. The normalized spacial score (nSPS) is 16.5. The number of hydrogen-bond acceptors (Lipinski definition) is 5. The molecule has 0 radical (unpaired) electrons. The standard InChI is InChI=1S/C18H15F2NO5/c1-10(17(22)21-11-6-7-12(19)13(20)8-11)25-18(23)16-9-24-14-4-2-3-5-15(14)26-16/h2-8,10,16H,9H2,1H3,(H,21,22)/t10-,16+/m1/s1. The van der Waals surface area contributed by atoms with Crippen molar-refractivity contribution >= 4 is 17.6 Å². The van der Waals surface area contributed by atoms with Gasteiger partial charge in [-0.15, -0.1) is 0 Å². The van der Waals surface area contributed by atoms with Crippen LogP contribution >= 0.6 is 0 Å². The predicted octanol–water partition coefficient (Wildman–Crippen LogP) is 2.67. The van der Waals surface area contributed by atoms with Crippen molar-refractivity contribution in [2.45, 2.75) is 19.1 Å². The highest BCUT2D eigenvalue weighted by atomic mass is 19.2. The van der Waals surface area contributed by atoms with Crippen LogP contribution in [0.1, 0.15) is 6.92 Å². The number of hydrogen-bond donors (Lipinski definition) is 1. The molecule has 136 valence electrons. The van der Waals surface area contributed by atoms with Gasteiger partial charge >= 0.3 is 5.97 Å². The number of ether oxygens (including phenoxy) is 3. The molecule has 1 aliphatic heterocycles. The summed E-state index contributed by atoms with van der Waals surface area (Å²) in [5.41, 5.74) is 0.0444. The van der Waals surface area contributed by atoms with Gasteiger partial charge in [-0.2, -0.15) is 0 Å². The maximum absolute atomic E-state index is 13.2. The fraction of sp³-hybridized carbons (Fsp3) is 0.222. The van der Waals surface area contributed by atoms with Crippen LogP contribution in [0.3, 0.4) is 0 Å². The van der Waals surface area contributed by atoms with E-state index in [-0.39, 0.29) is 12.3 Å². The Morgan fingerprint density at radius 3 is 2.62 bits per heavy atom. The van der Waals surface area contributed by atoms with Gasteiger partial charge in [-0.1, -0.05) is 12.1 Å². The average molecular weight is 363 g/mol. The van der Waals surface area contributed by atoms with Crippen molar-refractivity contribution in [1.29, 1.82) is 0 Å². The van der Waals surface area contributed by atoms with E-state index in [1.165, 1.54) is 13.0 Å². The number of esters is 1. The SMILES string of the molecule is C[C@@H](OC(=O)[C@@H]1COc2ccccc2O1)C(=O)Nc1ccc(F)c(F)c1. The molecule has 6 nitrogen and oxygen atoms in total. The van der Waals surface area contributed by atoms with Crippen molar-refractivity contribution in [3.05, 3.63) is 54.1 Å². The third kappa shape index (κ3) is 3.90. The Morgan fingerprint density at radius 2 is 1.88 bits per heavy atom. The first kappa shape index (κ1) is 17.7. The van der Waals surface area contributed by atoms with Gasteiger partial charge in [0, 0.05) is 11.8 Å². The second kappa shape index (κ2) is 7.38. The number of para-hydroxylation sites is 2. The lowest BCUT2D eigenvalue weighted by atomic mass is 10.2. The van der Waals surface area contributed by atoms with Crippen molar-refractivity contribution in [3.63, 3.8) is 0 Å². The van der Waals surface area contributed by atoms with Crippen LogP contribution < -0.4 is 14.8 Å². The molecule has 1 N–H and O–H groups in total. The lowest BCUT2D eigenvalue weighted by Gasteiger charge is -2.25. The maximum atomic E-state index is 13.2. The topological polar surface area (TPSA) is 73.9 Å². The summed E-state index contributed by atoms with van der Waals surface area (Å²) in [7, 11) is 0. The van der Waals surface area contributed by atoms with Crippen LogP contribution in [-0.4, -0.2) is 30.7 Å². The first-order valence-corrected chi connectivity index (χ1v) is 7.79. The van der Waals surface area contributed by atoms with Crippen LogP contribution in [0.15, 0.2) is 42.5 Å². The second-order valence-electron chi connectivity index (χ2n) is 5.56. The molecule has 0 spiro atoms. The number of amides is 1. The monoisotopic (exact) mass is 363 g/mol. The largest absolute Gasteiger partial charge is 0.485 e. The van der Waals surface area contributed by atoms with Gasteiger partial charge in [-0.05, 0) is 31.2 Å². The van der Waals surface area contributed by atoms with E-state index in [4.69, 9.17) is 14.2 Å². The molecule has 0 fully saturated rings. The Bertz CT molecular complexity index is 842. The molecule has 1 aliphatic rings. The number of carbonyl (C=O) groups is 2. The van der Waals surface area contributed by atoms with E-state index in [9.17, 15) is 18.4 Å². The first-order chi connectivity index (χ1) is 12.4. The van der Waals surface area contributed by atoms with Crippen molar-refractivity contribution < 1.29 is 32.6 Å². The lowest BCUT2D eigenvalue weighted by molar-refractivity contribution is -0.162. The number of anilines is 1. The number of benzene rings is 2. The summed E-state index contributed by atoms with van der Waals surface area (Å²) in [5, 5.41) is 2.34. The van der Waals surface area contributed by atoms with Crippen molar-refractivity contribution in [2.24, 2.45) is 0 Å². The molecule has 3 rings (SSSR count). The average Bonchev–Trinajstić information content (AvgIpc) is 2.64. The fourth-order valence-electron chi connectivity index (χ4n) is 2.26. The summed E-state index contributed by atoms with van der Waals surface area (Å²) >= 11 is 0. The Hall–Kier alpha value is -3.16. The lowest BCUT2D eigenvalue weighted by Crippen LogP contribution is -2.41. The fourth-order valence-corrected chi connectivity index (χ4v) is 2.26. The van der Waals surface area contributed by atoms with Crippen LogP contribution in [0.5, 0.6) is 11.5 Å². The molecule has 8 heteroatoms. The molecule has 1 heterocycles. The summed E-state index contributed by atoms with van der Waals surface area (Å²) in [6.07, 6.45) is -2.18. The van der Waals surface area contributed by atoms with E-state index >= 15 is 0 Å². The van der Waals surface area contributed by atoms with Gasteiger partial charge in [-0.25, -0.2) is 13.6 Å². The number of rotatable bonds is 4. The van der Waals surface area contributed by atoms with Crippen LogP contribution in [-0.2, 0) is 14.3 Å². The highest BCUT2D eigenvalue weighted by Gasteiger charge is 2.31. The molecule has 0 saturated heterocycles. The minimum absolute atomic E-state index is 0.0444. The van der Waals surface area contributed by atoms with Crippen molar-refractivity contribution in [3.8, 4) is 11.5 Å². The molecular formula is C18H15F2NO5. The van der Waals surface area contributed by atoms with Gasteiger partial charge in [0.15, 0.2) is 29.2 Å². The summed E-state index contributed by atoms with van der Waals surface area (Å²) in [4.78, 5) is 24.2. The van der Waals surface area contributed by atoms with Gasteiger partial charge in [0.2, 0.25) is 6.10 Å². The van der Waals surface area contributed by atoms with E-state index in [0.717, 1.165) is 12.1 Å². The molecule has 0 aliphatic carbocycles. The van der Waals surface area contributed by atoms with Gasteiger partial charge < -0.3 is 19.5 Å². The third-order valence-corrected chi connectivity index (χ3v) is 3.62. The number of carbonyl (C=O) groups excluding carboxylic acids is 2. The van der Waals surface area contributed by atoms with Gasteiger partial charge in [0.1, 0.15) is 6.61 Å². The van der Waals surface area contributed by atoms with E-state index in [1.54, 1.807) is 24.3 Å². The molecule has 0 saturated carbocycles. The Balaban J connectivity index is 1.57. The van der Waals surface area contributed by atoms with E-state index in [2.05, 4.69) is 5.32 Å². The molecular weight excluding hydrogens is 348 g/mol. The summed E-state index contributed by atoms with van der Waals surface area (Å²) in [6.45, 7) is 1.30. The molecule has 2 aromatic carbocycles.